The topological polar surface area (TPSA) is 136 Å². The average molecular weight is 442 g/mol. The minimum absolute atomic E-state index is 0.0708. The average Bonchev–Trinajstić information content (AvgIpc) is 2.74. The molecule has 0 saturated heterocycles. The second kappa shape index (κ2) is 13.7. The van der Waals surface area contributed by atoms with Gasteiger partial charge in [-0.3, -0.25) is 4.79 Å². The largest absolute Gasteiger partial charge is 0.477 e. The van der Waals surface area contributed by atoms with Gasteiger partial charge in [0, 0.05) is 6.07 Å². The molecule has 0 aliphatic rings. The summed E-state index contributed by atoms with van der Waals surface area (Å²) >= 11 is 0. The van der Waals surface area contributed by atoms with Gasteiger partial charge in [0.15, 0.2) is 26.1 Å². The van der Waals surface area contributed by atoms with Crippen molar-refractivity contribution in [1.29, 1.82) is 0 Å². The highest BCUT2D eigenvalue weighted by Crippen LogP contribution is 2.07. The van der Waals surface area contributed by atoms with Crippen molar-refractivity contribution in [2.45, 2.75) is 40.0 Å². The quantitative estimate of drug-likeness (QED) is 0.197. The lowest BCUT2D eigenvalue weighted by Crippen LogP contribution is -2.45. The summed E-state index contributed by atoms with van der Waals surface area (Å²) in [6.45, 7) is 5.58. The molecule has 1 heterocycles. The Morgan fingerprint density at radius 2 is 1.97 bits per heavy atom. The van der Waals surface area contributed by atoms with Crippen LogP contribution in [0.25, 0.3) is 0 Å². The zero-order valence-corrected chi connectivity index (χ0v) is 18.2. The molecular weight excluding hydrogens is 412 g/mol. The molecule has 0 bridgehead atoms. The fourth-order valence-electron chi connectivity index (χ4n) is 2.42. The number of nitrogens with zero attached hydrogens (tertiary/aromatic N) is 2. The van der Waals surface area contributed by atoms with E-state index < -0.39 is 24.0 Å². The fraction of sp³-hybridized carbons (Fsp3) is 0.579. The monoisotopic (exact) mass is 442 g/mol. The molecule has 2 amide bonds. The first-order valence-electron chi connectivity index (χ1n) is 9.78. The number of nitrogens with one attached hydrogen (secondary N) is 2. The number of carbonyl (C=O) groups excluding carboxylic acids is 3. The molecule has 0 aliphatic heterocycles. The third kappa shape index (κ3) is 10.2. The van der Waals surface area contributed by atoms with Crippen molar-refractivity contribution in [2.75, 3.05) is 26.9 Å². The summed E-state index contributed by atoms with van der Waals surface area (Å²) in [5.41, 5.74) is 0.307. The predicted octanol–water partition coefficient (Wildman–Crippen LogP) is 0.637. The Morgan fingerprint density at radius 3 is 2.61 bits per heavy atom. The van der Waals surface area contributed by atoms with E-state index >= 15 is 0 Å². The van der Waals surface area contributed by atoms with Crippen LogP contribution in [0.3, 0.4) is 0 Å². The van der Waals surface area contributed by atoms with Crippen LogP contribution in [-0.2, 0) is 30.7 Å². The molecule has 0 unspecified atom stereocenters. The normalized spacial score (nSPS) is 11.3. The molecule has 0 saturated carbocycles. The minimum Gasteiger partial charge on any atom is -0.464 e. The summed E-state index contributed by atoms with van der Waals surface area (Å²) < 4.78 is 11.6. The molecule has 12 heteroatoms. The first-order valence-corrected chi connectivity index (χ1v) is 9.78. The van der Waals surface area contributed by atoms with Crippen molar-refractivity contribution in [3.8, 4) is 0 Å². The Balaban J connectivity index is 2.55. The first-order chi connectivity index (χ1) is 14.8. The van der Waals surface area contributed by atoms with Crippen LogP contribution in [0.15, 0.2) is 24.5 Å². The van der Waals surface area contributed by atoms with Crippen molar-refractivity contribution >= 4 is 18.0 Å². The van der Waals surface area contributed by atoms with E-state index in [0.29, 0.717) is 12.0 Å². The maximum atomic E-state index is 12.2. The number of pyridine rings is 1. The first kappa shape index (κ1) is 25.6. The summed E-state index contributed by atoms with van der Waals surface area (Å²) in [6, 6.07) is 2.37. The molecular formula is C19H30N4O8+2. The Labute approximate surface area is 180 Å². The molecule has 1 aromatic rings. The smallest absolute Gasteiger partial charge is 0.464 e. The zero-order chi connectivity index (χ0) is 23.2. The van der Waals surface area contributed by atoms with Gasteiger partial charge in [0.1, 0.15) is 16.5 Å². The molecule has 31 heavy (non-hydrogen) atoms. The summed E-state index contributed by atoms with van der Waals surface area (Å²) in [5.74, 6) is -0.762. The van der Waals surface area contributed by atoms with Gasteiger partial charge in [-0.2, -0.15) is 14.2 Å². The summed E-state index contributed by atoms with van der Waals surface area (Å²) in [6.07, 6.45) is 2.72. The predicted molar refractivity (Wildman–Crippen MR) is 105 cm³/mol. The van der Waals surface area contributed by atoms with Gasteiger partial charge in [-0.05, 0) is 25.3 Å². The SMILES string of the molecule is CCOC(=O)[C@H](CC(C)C)NC(=O)OC[n+]1cccc(C(=O)NCCO[N+](=O)OC)c1. The van der Waals surface area contributed by atoms with E-state index in [0.717, 1.165) is 7.11 Å². The maximum Gasteiger partial charge on any atom is 0.477 e. The van der Waals surface area contributed by atoms with Gasteiger partial charge < -0.3 is 20.1 Å². The van der Waals surface area contributed by atoms with Gasteiger partial charge in [-0.1, -0.05) is 13.8 Å². The molecule has 0 aromatic carbocycles. The number of hydrogen-bond donors (Lipinski definition) is 2. The van der Waals surface area contributed by atoms with Crippen LogP contribution < -0.4 is 15.2 Å². The van der Waals surface area contributed by atoms with Crippen molar-refractivity contribution in [3.05, 3.63) is 35.0 Å². The van der Waals surface area contributed by atoms with Gasteiger partial charge in [0.2, 0.25) is 0 Å². The van der Waals surface area contributed by atoms with Gasteiger partial charge in [-0.15, -0.1) is 0 Å². The number of hydrogen-bond acceptors (Lipinski definition) is 8. The van der Waals surface area contributed by atoms with E-state index in [2.05, 4.69) is 20.3 Å². The molecule has 172 valence electrons. The third-order valence-corrected chi connectivity index (χ3v) is 3.77. The second-order valence-electron chi connectivity index (χ2n) is 6.74. The van der Waals surface area contributed by atoms with E-state index in [1.165, 1.54) is 10.8 Å². The Morgan fingerprint density at radius 1 is 1.23 bits per heavy atom. The molecule has 2 N–H and O–H groups in total. The van der Waals surface area contributed by atoms with Crippen LogP contribution in [0.5, 0.6) is 0 Å². The fourth-order valence-corrected chi connectivity index (χ4v) is 2.42. The summed E-state index contributed by atoms with van der Waals surface area (Å²) in [7, 11) is 1.15. The molecule has 12 nitrogen and oxygen atoms in total. The number of esters is 1. The molecule has 1 atom stereocenters. The molecule has 0 fully saturated rings. The molecule has 0 aliphatic carbocycles. The second-order valence-corrected chi connectivity index (χ2v) is 6.74. The molecule has 1 rings (SSSR count). The molecule has 1 aromatic heterocycles. The Bertz CT molecular complexity index is 756. The Kier molecular flexibility index (Phi) is 11.3. The number of carbonyl (C=O) groups is 3. The highest BCUT2D eigenvalue weighted by atomic mass is 17.0. The third-order valence-electron chi connectivity index (χ3n) is 3.77. The summed E-state index contributed by atoms with van der Waals surface area (Å²) in [5, 5.41) is 5.01. The zero-order valence-electron chi connectivity index (χ0n) is 18.2. The van der Waals surface area contributed by atoms with E-state index in [9.17, 15) is 19.3 Å². The van der Waals surface area contributed by atoms with Crippen LogP contribution in [0.4, 0.5) is 4.79 Å². The lowest BCUT2D eigenvalue weighted by Gasteiger charge is -2.18. The van der Waals surface area contributed by atoms with Crippen LogP contribution in [0.1, 0.15) is 37.6 Å². The van der Waals surface area contributed by atoms with Crippen LogP contribution in [0, 0.1) is 10.8 Å². The summed E-state index contributed by atoms with van der Waals surface area (Å²) in [4.78, 5) is 55.9. The minimum atomic E-state index is -0.806. The van der Waals surface area contributed by atoms with Gasteiger partial charge in [0.25, 0.3) is 12.6 Å². The van der Waals surface area contributed by atoms with Crippen LogP contribution in [-0.4, -0.2) is 56.0 Å². The Hall–Kier alpha value is -3.44. The van der Waals surface area contributed by atoms with E-state index in [-0.39, 0.29) is 37.5 Å². The van der Waals surface area contributed by atoms with E-state index in [1.807, 2.05) is 13.8 Å². The van der Waals surface area contributed by atoms with E-state index in [4.69, 9.17) is 9.47 Å². The van der Waals surface area contributed by atoms with Gasteiger partial charge in [0.05, 0.1) is 13.2 Å². The van der Waals surface area contributed by atoms with Crippen molar-refractivity contribution in [3.63, 3.8) is 0 Å². The molecule has 0 radical (unpaired) electrons. The number of ether oxygens (including phenoxy) is 2. The number of aromatic nitrogens is 1. The highest BCUT2D eigenvalue weighted by molar-refractivity contribution is 5.93. The maximum absolute atomic E-state index is 12.2. The molecule has 0 spiro atoms. The highest BCUT2D eigenvalue weighted by Gasteiger charge is 2.24. The van der Waals surface area contributed by atoms with Gasteiger partial charge in [-0.25, -0.2) is 9.59 Å². The number of rotatable bonds is 13. The van der Waals surface area contributed by atoms with Crippen molar-refractivity contribution < 1.29 is 43.2 Å². The van der Waals surface area contributed by atoms with E-state index in [1.54, 1.807) is 25.3 Å². The lowest BCUT2D eigenvalue weighted by atomic mass is 10.0. The van der Waals surface area contributed by atoms with Gasteiger partial charge >= 0.3 is 17.1 Å². The number of alkyl carbamates (subject to hydrolysis) is 1. The van der Waals surface area contributed by atoms with Crippen LogP contribution >= 0.6 is 0 Å². The van der Waals surface area contributed by atoms with Crippen molar-refractivity contribution in [1.82, 2.24) is 10.6 Å². The lowest BCUT2D eigenvalue weighted by molar-refractivity contribution is -0.976. The van der Waals surface area contributed by atoms with Crippen molar-refractivity contribution in [2.24, 2.45) is 5.92 Å². The standard InChI is InChI=1S/C19H28N4O8/c1-5-29-18(25)16(11-14(2)3)21-19(26)30-13-22-9-6-7-15(12-22)17(24)20-8-10-31-23(27)28-4/h6-7,9,12,14,16H,5,8,10-11,13H2,1-4H3/p+2/t16-/m0/s1. The number of amides is 2. The van der Waals surface area contributed by atoms with Crippen LogP contribution in [0.2, 0.25) is 0 Å².